The van der Waals surface area contributed by atoms with Crippen LogP contribution in [0, 0.1) is 5.92 Å². The third kappa shape index (κ3) is 3.89. The van der Waals surface area contributed by atoms with E-state index in [1.165, 1.54) is 0 Å². The number of benzene rings is 2. The molecule has 1 fully saturated rings. The van der Waals surface area contributed by atoms with Crippen molar-refractivity contribution in [2.24, 2.45) is 5.92 Å². The molecule has 0 radical (unpaired) electrons. The van der Waals surface area contributed by atoms with Crippen LogP contribution in [-0.4, -0.2) is 35.1 Å². The Kier molecular flexibility index (Phi) is 5.07. The number of aliphatic hydroxyl groups is 1. The Bertz CT molecular complexity index is 715. The quantitative estimate of drug-likeness (QED) is 0.912. The monoisotopic (exact) mass is 345 g/mol. The lowest BCUT2D eigenvalue weighted by Gasteiger charge is -2.18. The van der Waals surface area contributed by atoms with Crippen molar-refractivity contribution in [1.29, 1.82) is 0 Å². The van der Waals surface area contributed by atoms with Crippen LogP contribution in [-0.2, 0) is 0 Å². The first-order chi connectivity index (χ1) is 11.5. The summed E-state index contributed by atoms with van der Waals surface area (Å²) in [6.45, 7) is 3.08. The lowest BCUT2D eigenvalue weighted by Crippen LogP contribution is -2.30. The van der Waals surface area contributed by atoms with Crippen molar-refractivity contribution in [1.82, 2.24) is 4.90 Å². The predicted molar refractivity (Wildman–Crippen MR) is 93.7 cm³/mol. The first-order valence-electron chi connectivity index (χ1n) is 8.04. The minimum absolute atomic E-state index is 0.00699. The first-order valence-corrected chi connectivity index (χ1v) is 8.41. The molecule has 2 atom stereocenters. The largest absolute Gasteiger partial charge is 0.457 e. The molecule has 1 aliphatic heterocycles. The Balaban J connectivity index is 1.65. The Morgan fingerprint density at radius 1 is 1.25 bits per heavy atom. The molecule has 2 aromatic rings. The van der Waals surface area contributed by atoms with Crippen LogP contribution in [0.4, 0.5) is 0 Å². The minimum atomic E-state index is -0.378. The van der Waals surface area contributed by atoms with E-state index < -0.39 is 0 Å². The molecule has 126 valence electrons. The molecule has 1 saturated heterocycles. The third-order valence-electron chi connectivity index (χ3n) is 4.33. The lowest BCUT2D eigenvalue weighted by atomic mass is 10.0. The molecule has 2 unspecified atom stereocenters. The fraction of sp³-hybridized carbons (Fsp3) is 0.316. The summed E-state index contributed by atoms with van der Waals surface area (Å²) in [7, 11) is 0. The molecule has 1 N–H and O–H groups in total. The second kappa shape index (κ2) is 7.24. The molecule has 1 amide bonds. The number of ether oxygens (including phenoxy) is 1. The average Bonchev–Trinajstić information content (AvgIpc) is 3.05. The van der Waals surface area contributed by atoms with Gasteiger partial charge in [0.1, 0.15) is 11.5 Å². The summed E-state index contributed by atoms with van der Waals surface area (Å²) >= 11 is 5.94. The lowest BCUT2D eigenvalue weighted by molar-refractivity contribution is 0.0762. The van der Waals surface area contributed by atoms with E-state index in [2.05, 4.69) is 0 Å². The molecule has 5 heteroatoms. The number of carbonyl (C=O) groups excluding carboxylic acids is 1. The van der Waals surface area contributed by atoms with Gasteiger partial charge in [0.25, 0.3) is 5.91 Å². The van der Waals surface area contributed by atoms with E-state index in [1.54, 1.807) is 48.2 Å². The molecule has 3 rings (SSSR count). The first kappa shape index (κ1) is 16.8. The standard InChI is InChI=1S/C19H20ClNO3/c1-13(22)15-9-10-21(12-15)19(23)14-5-7-17(8-6-14)24-18-4-2-3-16(20)11-18/h2-8,11,13,15,22H,9-10,12H2,1H3. The van der Waals surface area contributed by atoms with Crippen LogP contribution >= 0.6 is 11.6 Å². The van der Waals surface area contributed by atoms with Gasteiger partial charge >= 0.3 is 0 Å². The van der Waals surface area contributed by atoms with E-state index in [0.29, 0.717) is 35.2 Å². The Labute approximate surface area is 146 Å². The molecule has 0 spiro atoms. The van der Waals surface area contributed by atoms with Gasteiger partial charge < -0.3 is 14.7 Å². The van der Waals surface area contributed by atoms with Crippen molar-refractivity contribution in [2.75, 3.05) is 13.1 Å². The van der Waals surface area contributed by atoms with E-state index >= 15 is 0 Å². The van der Waals surface area contributed by atoms with E-state index in [0.717, 1.165) is 6.42 Å². The molecule has 1 aliphatic rings. The molecule has 0 aliphatic carbocycles. The molecule has 0 aromatic heterocycles. The van der Waals surface area contributed by atoms with Crippen molar-refractivity contribution in [3.63, 3.8) is 0 Å². The van der Waals surface area contributed by atoms with E-state index in [9.17, 15) is 9.90 Å². The number of rotatable bonds is 4. The summed E-state index contributed by atoms with van der Waals surface area (Å²) in [5.74, 6) is 1.46. The Morgan fingerprint density at radius 2 is 2.00 bits per heavy atom. The maximum Gasteiger partial charge on any atom is 0.253 e. The number of carbonyl (C=O) groups is 1. The summed E-state index contributed by atoms with van der Waals surface area (Å²) < 4.78 is 5.73. The molecular formula is C19H20ClNO3. The molecule has 1 heterocycles. The fourth-order valence-electron chi connectivity index (χ4n) is 2.88. The van der Waals surface area contributed by atoms with Gasteiger partial charge in [0.15, 0.2) is 0 Å². The van der Waals surface area contributed by atoms with E-state index in [-0.39, 0.29) is 17.9 Å². The molecule has 0 saturated carbocycles. The number of aliphatic hydroxyl groups excluding tert-OH is 1. The minimum Gasteiger partial charge on any atom is -0.457 e. The van der Waals surface area contributed by atoms with Gasteiger partial charge in [-0.1, -0.05) is 17.7 Å². The highest BCUT2D eigenvalue weighted by molar-refractivity contribution is 6.30. The zero-order valence-electron chi connectivity index (χ0n) is 13.5. The van der Waals surface area contributed by atoms with Crippen molar-refractivity contribution >= 4 is 17.5 Å². The van der Waals surface area contributed by atoms with Crippen LogP contribution in [0.2, 0.25) is 5.02 Å². The van der Waals surface area contributed by atoms with Gasteiger partial charge in [-0.2, -0.15) is 0 Å². The maximum atomic E-state index is 12.5. The van der Waals surface area contributed by atoms with Gasteiger partial charge in [0.05, 0.1) is 6.10 Å². The van der Waals surface area contributed by atoms with Crippen LogP contribution in [0.5, 0.6) is 11.5 Å². The molecule has 24 heavy (non-hydrogen) atoms. The highest BCUT2D eigenvalue weighted by Gasteiger charge is 2.29. The summed E-state index contributed by atoms with van der Waals surface area (Å²) in [6.07, 6.45) is 0.468. The van der Waals surface area contributed by atoms with Crippen molar-refractivity contribution in [3.05, 3.63) is 59.1 Å². The Morgan fingerprint density at radius 3 is 2.62 bits per heavy atom. The number of hydrogen-bond acceptors (Lipinski definition) is 3. The van der Waals surface area contributed by atoms with Gasteiger partial charge in [-0.3, -0.25) is 4.79 Å². The van der Waals surface area contributed by atoms with Crippen LogP contribution in [0.25, 0.3) is 0 Å². The average molecular weight is 346 g/mol. The molecule has 2 aromatic carbocycles. The van der Waals surface area contributed by atoms with Gasteiger partial charge in [-0.05, 0) is 55.8 Å². The zero-order chi connectivity index (χ0) is 17.1. The van der Waals surface area contributed by atoms with Crippen molar-refractivity contribution < 1.29 is 14.6 Å². The maximum absolute atomic E-state index is 12.5. The number of nitrogens with zero attached hydrogens (tertiary/aromatic N) is 1. The number of halogens is 1. The van der Waals surface area contributed by atoms with Gasteiger partial charge in [0.2, 0.25) is 0 Å². The highest BCUT2D eigenvalue weighted by Crippen LogP contribution is 2.26. The van der Waals surface area contributed by atoms with Crippen LogP contribution in [0.1, 0.15) is 23.7 Å². The summed E-state index contributed by atoms with van der Waals surface area (Å²) in [6, 6.07) is 14.2. The van der Waals surface area contributed by atoms with Gasteiger partial charge in [0, 0.05) is 29.6 Å². The normalized spacial score (nSPS) is 18.5. The SMILES string of the molecule is CC(O)C1CCN(C(=O)c2ccc(Oc3cccc(Cl)c3)cc2)C1. The zero-order valence-corrected chi connectivity index (χ0v) is 14.2. The van der Waals surface area contributed by atoms with E-state index in [4.69, 9.17) is 16.3 Å². The van der Waals surface area contributed by atoms with Crippen LogP contribution in [0.15, 0.2) is 48.5 Å². The number of hydrogen-bond donors (Lipinski definition) is 1. The molecule has 0 bridgehead atoms. The van der Waals surface area contributed by atoms with Crippen LogP contribution < -0.4 is 4.74 Å². The Hall–Kier alpha value is -2.04. The molecule has 4 nitrogen and oxygen atoms in total. The summed E-state index contributed by atoms with van der Waals surface area (Å²) in [4.78, 5) is 14.3. The second-order valence-electron chi connectivity index (χ2n) is 6.12. The third-order valence-corrected chi connectivity index (χ3v) is 4.56. The number of amides is 1. The summed E-state index contributed by atoms with van der Waals surface area (Å²) in [5.41, 5.74) is 0.625. The smallest absolute Gasteiger partial charge is 0.253 e. The fourth-order valence-corrected chi connectivity index (χ4v) is 3.06. The predicted octanol–water partition coefficient (Wildman–Crippen LogP) is 3.98. The van der Waals surface area contributed by atoms with Crippen molar-refractivity contribution in [3.8, 4) is 11.5 Å². The topological polar surface area (TPSA) is 49.8 Å². The van der Waals surface area contributed by atoms with Gasteiger partial charge in [-0.15, -0.1) is 0 Å². The van der Waals surface area contributed by atoms with E-state index in [1.807, 2.05) is 12.1 Å². The van der Waals surface area contributed by atoms with Gasteiger partial charge in [-0.25, -0.2) is 0 Å². The summed E-state index contributed by atoms with van der Waals surface area (Å²) in [5, 5.41) is 10.3. The highest BCUT2D eigenvalue weighted by atomic mass is 35.5. The number of likely N-dealkylation sites (tertiary alicyclic amines) is 1. The second-order valence-corrected chi connectivity index (χ2v) is 6.56. The van der Waals surface area contributed by atoms with Crippen LogP contribution in [0.3, 0.4) is 0 Å². The molecular weight excluding hydrogens is 326 g/mol. The van der Waals surface area contributed by atoms with Crippen molar-refractivity contribution in [2.45, 2.75) is 19.4 Å².